The predicted octanol–water partition coefficient (Wildman–Crippen LogP) is 3.78. The predicted molar refractivity (Wildman–Crippen MR) is 73.5 cm³/mol. The van der Waals surface area contributed by atoms with Crippen LogP contribution in [0.15, 0.2) is 24.3 Å². The lowest BCUT2D eigenvalue weighted by Gasteiger charge is -2.26. The van der Waals surface area contributed by atoms with Crippen LogP contribution >= 0.6 is 0 Å². The highest BCUT2D eigenvalue weighted by atomic mass is 16.5. The molecule has 1 aromatic carbocycles. The standard InChI is InChI=1S/C15H25NO/c1-5-12(6-2)15(16-7-3)13-8-10-14(17-4)11-9-13/h8-12,15-16H,5-7H2,1-4H3. The zero-order valence-corrected chi connectivity index (χ0v) is 11.5. The first-order valence-electron chi connectivity index (χ1n) is 6.64. The molecule has 0 spiro atoms. The average molecular weight is 235 g/mol. The summed E-state index contributed by atoms with van der Waals surface area (Å²) in [6.45, 7) is 7.70. The van der Waals surface area contributed by atoms with Crippen LogP contribution in [0.3, 0.4) is 0 Å². The summed E-state index contributed by atoms with van der Waals surface area (Å²) in [5, 5.41) is 3.60. The molecule has 0 fully saturated rings. The van der Waals surface area contributed by atoms with E-state index in [2.05, 4.69) is 38.2 Å². The fourth-order valence-corrected chi connectivity index (χ4v) is 2.35. The zero-order chi connectivity index (χ0) is 12.7. The van der Waals surface area contributed by atoms with Crippen molar-refractivity contribution in [2.75, 3.05) is 13.7 Å². The van der Waals surface area contributed by atoms with Crippen LogP contribution in [0.1, 0.15) is 45.2 Å². The van der Waals surface area contributed by atoms with Crippen LogP contribution in [0.25, 0.3) is 0 Å². The average Bonchev–Trinajstić information content (AvgIpc) is 2.39. The number of ether oxygens (including phenoxy) is 1. The van der Waals surface area contributed by atoms with Crippen molar-refractivity contribution >= 4 is 0 Å². The summed E-state index contributed by atoms with van der Waals surface area (Å²) in [4.78, 5) is 0. The van der Waals surface area contributed by atoms with Gasteiger partial charge >= 0.3 is 0 Å². The zero-order valence-electron chi connectivity index (χ0n) is 11.5. The second kappa shape index (κ2) is 7.33. The van der Waals surface area contributed by atoms with Crippen LogP contribution in [-0.2, 0) is 0 Å². The molecular weight excluding hydrogens is 210 g/mol. The third-order valence-corrected chi connectivity index (χ3v) is 3.42. The third kappa shape index (κ3) is 3.74. The van der Waals surface area contributed by atoms with Gasteiger partial charge in [0.15, 0.2) is 0 Å². The van der Waals surface area contributed by atoms with Crippen molar-refractivity contribution in [2.24, 2.45) is 5.92 Å². The van der Waals surface area contributed by atoms with Crippen LogP contribution in [0, 0.1) is 5.92 Å². The molecule has 0 heterocycles. The Kier molecular flexibility index (Phi) is 6.06. The molecule has 1 unspecified atom stereocenters. The van der Waals surface area contributed by atoms with E-state index < -0.39 is 0 Å². The summed E-state index contributed by atoms with van der Waals surface area (Å²) >= 11 is 0. The highest BCUT2D eigenvalue weighted by Gasteiger charge is 2.19. The van der Waals surface area contributed by atoms with Crippen molar-refractivity contribution < 1.29 is 4.74 Å². The number of hydrogen-bond acceptors (Lipinski definition) is 2. The van der Waals surface area contributed by atoms with Gasteiger partial charge < -0.3 is 10.1 Å². The number of hydrogen-bond donors (Lipinski definition) is 1. The van der Waals surface area contributed by atoms with E-state index in [1.54, 1.807) is 7.11 Å². The normalized spacial score (nSPS) is 12.8. The van der Waals surface area contributed by atoms with Crippen LogP contribution in [0.4, 0.5) is 0 Å². The van der Waals surface area contributed by atoms with Crippen LogP contribution in [-0.4, -0.2) is 13.7 Å². The summed E-state index contributed by atoms with van der Waals surface area (Å²) in [5.74, 6) is 1.62. The maximum atomic E-state index is 5.20. The Morgan fingerprint density at radius 1 is 1.06 bits per heavy atom. The summed E-state index contributed by atoms with van der Waals surface area (Å²) in [5.41, 5.74) is 1.36. The van der Waals surface area contributed by atoms with Crippen molar-refractivity contribution in [3.63, 3.8) is 0 Å². The molecule has 0 saturated heterocycles. The Morgan fingerprint density at radius 2 is 1.65 bits per heavy atom. The van der Waals surface area contributed by atoms with E-state index in [9.17, 15) is 0 Å². The minimum absolute atomic E-state index is 0.459. The highest BCUT2D eigenvalue weighted by molar-refractivity contribution is 5.29. The largest absolute Gasteiger partial charge is 0.497 e. The van der Waals surface area contributed by atoms with Crippen molar-refractivity contribution in [3.05, 3.63) is 29.8 Å². The lowest BCUT2D eigenvalue weighted by atomic mass is 9.89. The van der Waals surface area contributed by atoms with Gasteiger partial charge in [-0.05, 0) is 30.2 Å². The number of methoxy groups -OCH3 is 1. The molecule has 1 N–H and O–H groups in total. The van der Waals surface area contributed by atoms with Gasteiger partial charge in [0, 0.05) is 6.04 Å². The van der Waals surface area contributed by atoms with Gasteiger partial charge in [0.2, 0.25) is 0 Å². The fraction of sp³-hybridized carbons (Fsp3) is 0.600. The molecule has 0 aliphatic carbocycles. The molecule has 1 rings (SSSR count). The van der Waals surface area contributed by atoms with Gasteiger partial charge in [0.05, 0.1) is 7.11 Å². The molecule has 96 valence electrons. The van der Waals surface area contributed by atoms with Crippen molar-refractivity contribution in [2.45, 2.75) is 39.7 Å². The minimum Gasteiger partial charge on any atom is -0.497 e. The third-order valence-electron chi connectivity index (χ3n) is 3.42. The molecule has 0 saturated carbocycles. The first-order chi connectivity index (χ1) is 8.26. The van der Waals surface area contributed by atoms with E-state index in [0.717, 1.165) is 12.3 Å². The Balaban J connectivity index is 2.87. The Morgan fingerprint density at radius 3 is 2.06 bits per heavy atom. The van der Waals surface area contributed by atoms with E-state index in [1.165, 1.54) is 18.4 Å². The van der Waals surface area contributed by atoms with Crippen LogP contribution in [0.2, 0.25) is 0 Å². The van der Waals surface area contributed by atoms with Gasteiger partial charge in [-0.2, -0.15) is 0 Å². The molecule has 0 amide bonds. The van der Waals surface area contributed by atoms with Gasteiger partial charge in [0.25, 0.3) is 0 Å². The minimum atomic E-state index is 0.459. The van der Waals surface area contributed by atoms with Gasteiger partial charge in [0.1, 0.15) is 5.75 Å². The summed E-state index contributed by atoms with van der Waals surface area (Å²) < 4.78 is 5.20. The van der Waals surface area contributed by atoms with Crippen LogP contribution < -0.4 is 10.1 Å². The van der Waals surface area contributed by atoms with Gasteiger partial charge in [-0.3, -0.25) is 0 Å². The monoisotopic (exact) mass is 235 g/mol. The molecule has 1 atom stereocenters. The quantitative estimate of drug-likeness (QED) is 0.776. The number of benzene rings is 1. The Labute approximate surface area is 105 Å². The SMILES string of the molecule is CCNC(c1ccc(OC)cc1)C(CC)CC. The Hall–Kier alpha value is -1.02. The maximum absolute atomic E-state index is 5.20. The van der Waals surface area contributed by atoms with Crippen molar-refractivity contribution in [1.82, 2.24) is 5.32 Å². The first kappa shape index (κ1) is 14.0. The molecular formula is C15H25NO. The first-order valence-corrected chi connectivity index (χ1v) is 6.64. The summed E-state index contributed by atoms with van der Waals surface area (Å²) in [6, 6.07) is 8.89. The topological polar surface area (TPSA) is 21.3 Å². The molecule has 0 aliphatic heterocycles. The van der Waals surface area contributed by atoms with Gasteiger partial charge in [-0.25, -0.2) is 0 Å². The smallest absolute Gasteiger partial charge is 0.118 e. The second-order valence-corrected chi connectivity index (χ2v) is 4.39. The van der Waals surface area contributed by atoms with E-state index >= 15 is 0 Å². The van der Waals surface area contributed by atoms with Crippen molar-refractivity contribution in [3.8, 4) is 5.75 Å². The molecule has 17 heavy (non-hydrogen) atoms. The van der Waals surface area contributed by atoms with E-state index in [-0.39, 0.29) is 0 Å². The molecule has 2 heteroatoms. The lowest BCUT2D eigenvalue weighted by Crippen LogP contribution is -2.27. The molecule has 0 radical (unpaired) electrons. The van der Waals surface area contributed by atoms with Crippen LogP contribution in [0.5, 0.6) is 5.75 Å². The molecule has 0 aromatic heterocycles. The van der Waals surface area contributed by atoms with Gasteiger partial charge in [-0.1, -0.05) is 45.7 Å². The molecule has 0 aliphatic rings. The van der Waals surface area contributed by atoms with Crippen molar-refractivity contribution in [1.29, 1.82) is 0 Å². The van der Waals surface area contributed by atoms with E-state index in [4.69, 9.17) is 4.74 Å². The van der Waals surface area contributed by atoms with Gasteiger partial charge in [-0.15, -0.1) is 0 Å². The number of rotatable bonds is 7. The second-order valence-electron chi connectivity index (χ2n) is 4.39. The molecule has 1 aromatic rings. The maximum Gasteiger partial charge on any atom is 0.118 e. The fourth-order valence-electron chi connectivity index (χ4n) is 2.35. The molecule has 0 bridgehead atoms. The summed E-state index contributed by atoms with van der Waals surface area (Å²) in [6.07, 6.45) is 2.42. The Bertz CT molecular complexity index is 303. The molecule has 2 nitrogen and oxygen atoms in total. The highest BCUT2D eigenvalue weighted by Crippen LogP contribution is 2.28. The van der Waals surface area contributed by atoms with E-state index in [1.807, 2.05) is 12.1 Å². The summed E-state index contributed by atoms with van der Waals surface area (Å²) in [7, 11) is 1.71. The lowest BCUT2D eigenvalue weighted by molar-refractivity contribution is 0.346. The van der Waals surface area contributed by atoms with E-state index in [0.29, 0.717) is 12.0 Å². The number of nitrogens with one attached hydrogen (secondary N) is 1.